The van der Waals surface area contributed by atoms with Crippen LogP contribution < -0.4 is 9.47 Å². The average molecular weight is 435 g/mol. The Kier molecular flexibility index (Phi) is 5.90. The monoisotopic (exact) mass is 434 g/mol. The molecular weight excluding hydrogens is 412 g/mol. The molecule has 0 unspecified atom stereocenters. The number of hydrogen-bond acceptors (Lipinski definition) is 6. The maximum atomic E-state index is 12.3. The SMILES string of the molecule is CC1=NN2C(=N)/C(=C\c3ccc(OCCOc4cc(C)cc(C)c4)cc3)C(=O)N=C2S1. The van der Waals surface area contributed by atoms with E-state index in [9.17, 15) is 4.79 Å². The van der Waals surface area contributed by atoms with E-state index in [-0.39, 0.29) is 11.4 Å². The first-order valence-electron chi connectivity index (χ1n) is 9.80. The number of hydrazone groups is 1. The third-order valence-corrected chi connectivity index (χ3v) is 5.39. The van der Waals surface area contributed by atoms with E-state index < -0.39 is 5.91 Å². The van der Waals surface area contributed by atoms with E-state index in [2.05, 4.69) is 16.2 Å². The van der Waals surface area contributed by atoms with E-state index in [1.54, 1.807) is 6.08 Å². The van der Waals surface area contributed by atoms with Gasteiger partial charge in [0.15, 0.2) is 5.84 Å². The van der Waals surface area contributed by atoms with Crippen molar-refractivity contribution in [2.24, 2.45) is 10.1 Å². The Morgan fingerprint density at radius 3 is 2.32 bits per heavy atom. The first-order valence-corrected chi connectivity index (χ1v) is 10.6. The molecule has 0 fully saturated rings. The number of amides is 1. The zero-order valence-electron chi connectivity index (χ0n) is 17.5. The number of nitrogens with zero attached hydrogens (tertiary/aromatic N) is 3. The van der Waals surface area contributed by atoms with Crippen LogP contribution in [0.5, 0.6) is 11.5 Å². The Balaban J connectivity index is 1.35. The van der Waals surface area contributed by atoms with E-state index >= 15 is 0 Å². The molecule has 2 aliphatic heterocycles. The van der Waals surface area contributed by atoms with Gasteiger partial charge < -0.3 is 9.47 Å². The molecule has 0 saturated carbocycles. The molecule has 4 rings (SSSR count). The highest BCUT2D eigenvalue weighted by Gasteiger charge is 2.34. The lowest BCUT2D eigenvalue weighted by Crippen LogP contribution is -2.35. The van der Waals surface area contributed by atoms with Crippen molar-refractivity contribution in [3.63, 3.8) is 0 Å². The minimum Gasteiger partial charge on any atom is -0.490 e. The van der Waals surface area contributed by atoms with Crippen LogP contribution in [-0.4, -0.2) is 40.2 Å². The van der Waals surface area contributed by atoms with Gasteiger partial charge in [0.05, 0.1) is 10.6 Å². The summed E-state index contributed by atoms with van der Waals surface area (Å²) >= 11 is 1.29. The standard InChI is InChI=1S/C23H22N4O3S/c1-14-10-15(2)12-19(11-14)30-9-8-29-18-6-4-17(5-7-18)13-20-21(24)27-23(25-22(20)28)31-16(3)26-27/h4-7,10-13,24H,8-9H2,1-3H3/b20-13+,24-21?. The van der Waals surface area contributed by atoms with Crippen molar-refractivity contribution in [2.75, 3.05) is 13.2 Å². The van der Waals surface area contributed by atoms with E-state index in [1.165, 1.54) is 16.8 Å². The van der Waals surface area contributed by atoms with Crippen LogP contribution in [0.3, 0.4) is 0 Å². The van der Waals surface area contributed by atoms with Crippen LogP contribution in [0.15, 0.2) is 58.1 Å². The Bertz CT molecular complexity index is 1120. The van der Waals surface area contributed by atoms with Crippen LogP contribution >= 0.6 is 11.8 Å². The molecule has 1 amide bonds. The second kappa shape index (κ2) is 8.77. The summed E-state index contributed by atoms with van der Waals surface area (Å²) in [4.78, 5) is 16.4. The van der Waals surface area contributed by atoms with Gasteiger partial charge in [0.25, 0.3) is 5.91 Å². The summed E-state index contributed by atoms with van der Waals surface area (Å²) in [5.41, 5.74) is 3.31. The minimum absolute atomic E-state index is 0.0308. The highest BCUT2D eigenvalue weighted by atomic mass is 32.2. The van der Waals surface area contributed by atoms with Crippen LogP contribution in [0, 0.1) is 19.3 Å². The number of ether oxygens (including phenoxy) is 2. The predicted octanol–water partition coefficient (Wildman–Crippen LogP) is 4.40. The lowest BCUT2D eigenvalue weighted by atomic mass is 10.1. The third-order valence-electron chi connectivity index (χ3n) is 4.56. The molecule has 0 atom stereocenters. The molecule has 2 heterocycles. The summed E-state index contributed by atoms with van der Waals surface area (Å²) in [7, 11) is 0. The third kappa shape index (κ3) is 4.86. The van der Waals surface area contributed by atoms with Crippen molar-refractivity contribution in [3.05, 3.63) is 64.7 Å². The highest BCUT2D eigenvalue weighted by molar-refractivity contribution is 8.26. The fourth-order valence-corrected chi connectivity index (χ4v) is 3.98. The summed E-state index contributed by atoms with van der Waals surface area (Å²) in [6, 6.07) is 13.4. The zero-order valence-corrected chi connectivity index (χ0v) is 18.3. The van der Waals surface area contributed by atoms with Gasteiger partial charge in [0, 0.05) is 0 Å². The Morgan fingerprint density at radius 1 is 1.00 bits per heavy atom. The molecule has 1 N–H and O–H groups in total. The van der Waals surface area contributed by atoms with Gasteiger partial charge in [-0.05, 0) is 79.6 Å². The van der Waals surface area contributed by atoms with Crippen LogP contribution in [0.4, 0.5) is 0 Å². The van der Waals surface area contributed by atoms with Crippen molar-refractivity contribution >= 4 is 39.8 Å². The normalized spacial score (nSPS) is 16.9. The van der Waals surface area contributed by atoms with E-state index in [4.69, 9.17) is 14.9 Å². The van der Waals surface area contributed by atoms with Gasteiger partial charge >= 0.3 is 0 Å². The molecule has 0 aliphatic carbocycles. The molecule has 2 aliphatic rings. The maximum absolute atomic E-state index is 12.3. The zero-order chi connectivity index (χ0) is 22.0. The van der Waals surface area contributed by atoms with Gasteiger partial charge in [-0.15, -0.1) is 0 Å². The fourth-order valence-electron chi connectivity index (χ4n) is 3.25. The smallest absolute Gasteiger partial charge is 0.283 e. The summed E-state index contributed by atoms with van der Waals surface area (Å²) in [6.07, 6.45) is 1.64. The molecule has 2 aromatic rings. The van der Waals surface area contributed by atoms with Crippen LogP contribution in [0.25, 0.3) is 6.08 Å². The Morgan fingerprint density at radius 2 is 1.65 bits per heavy atom. The number of benzene rings is 2. The number of nitrogens with one attached hydrogen (secondary N) is 1. The molecule has 31 heavy (non-hydrogen) atoms. The first-order chi connectivity index (χ1) is 14.9. The fraction of sp³-hybridized carbons (Fsp3) is 0.217. The van der Waals surface area contributed by atoms with Crippen molar-refractivity contribution in [2.45, 2.75) is 20.8 Å². The number of aliphatic imine (C=N–C) groups is 1. The number of carbonyl (C=O) groups excluding carboxylic acids is 1. The number of thioether (sulfide) groups is 1. The quantitative estimate of drug-likeness (QED) is 0.538. The highest BCUT2D eigenvalue weighted by Crippen LogP contribution is 2.28. The van der Waals surface area contributed by atoms with Gasteiger partial charge in [-0.25, -0.2) is 0 Å². The van der Waals surface area contributed by atoms with Gasteiger partial charge in [0.2, 0.25) is 5.17 Å². The Hall–Kier alpha value is -3.39. The van der Waals surface area contributed by atoms with Crippen LogP contribution in [0.2, 0.25) is 0 Å². The molecule has 158 valence electrons. The number of fused-ring (bicyclic) bond motifs is 1. The van der Waals surface area contributed by atoms with Crippen molar-refractivity contribution in [1.82, 2.24) is 5.01 Å². The molecule has 8 heteroatoms. The number of rotatable bonds is 6. The molecular formula is C23H22N4O3S. The summed E-state index contributed by atoms with van der Waals surface area (Å²) < 4.78 is 11.5. The second-order valence-corrected chi connectivity index (χ2v) is 8.39. The summed E-state index contributed by atoms with van der Waals surface area (Å²) in [6.45, 7) is 6.75. The average Bonchev–Trinajstić information content (AvgIpc) is 3.09. The molecule has 0 spiro atoms. The molecule has 0 aromatic heterocycles. The predicted molar refractivity (Wildman–Crippen MR) is 124 cm³/mol. The van der Waals surface area contributed by atoms with Crippen LogP contribution in [0.1, 0.15) is 23.6 Å². The summed E-state index contributed by atoms with van der Waals surface area (Å²) in [5.74, 6) is 1.14. The van der Waals surface area contributed by atoms with Crippen molar-refractivity contribution in [3.8, 4) is 11.5 Å². The minimum atomic E-state index is -0.433. The van der Waals surface area contributed by atoms with Crippen LogP contribution in [-0.2, 0) is 4.79 Å². The van der Waals surface area contributed by atoms with Crippen molar-refractivity contribution < 1.29 is 14.3 Å². The molecule has 7 nitrogen and oxygen atoms in total. The van der Waals surface area contributed by atoms with E-state index in [0.29, 0.717) is 24.1 Å². The van der Waals surface area contributed by atoms with Crippen molar-refractivity contribution in [1.29, 1.82) is 5.41 Å². The van der Waals surface area contributed by atoms with Gasteiger partial charge in [-0.3, -0.25) is 10.2 Å². The van der Waals surface area contributed by atoms with Gasteiger partial charge in [0.1, 0.15) is 24.7 Å². The molecule has 2 aromatic carbocycles. The van der Waals surface area contributed by atoms with E-state index in [1.807, 2.05) is 57.2 Å². The lowest BCUT2D eigenvalue weighted by molar-refractivity contribution is -0.114. The summed E-state index contributed by atoms with van der Waals surface area (Å²) in [5, 5.41) is 15.1. The topological polar surface area (TPSA) is 87.3 Å². The van der Waals surface area contributed by atoms with Gasteiger partial charge in [-0.1, -0.05) is 18.2 Å². The van der Waals surface area contributed by atoms with Gasteiger partial charge in [-0.2, -0.15) is 15.1 Å². The number of aryl methyl sites for hydroxylation is 2. The van der Waals surface area contributed by atoms with E-state index in [0.717, 1.165) is 27.5 Å². The largest absolute Gasteiger partial charge is 0.490 e. The number of amidine groups is 2. The number of carbonyl (C=O) groups is 1. The molecule has 0 radical (unpaired) electrons. The lowest BCUT2D eigenvalue weighted by Gasteiger charge is -2.20. The number of hydrogen-bond donors (Lipinski definition) is 1. The molecule has 0 saturated heterocycles. The Labute approximate surface area is 185 Å². The second-order valence-electron chi connectivity index (χ2n) is 7.23. The molecule has 0 bridgehead atoms. The maximum Gasteiger partial charge on any atom is 0.283 e. The first kappa shape index (κ1) is 20.9.